The largest absolute Gasteiger partial charge is 0.444 e. The maximum absolute atomic E-state index is 12.4. The smallest absolute Gasteiger partial charge is 0.410 e. The lowest BCUT2D eigenvalue weighted by atomic mass is 9.96. The third-order valence-corrected chi connectivity index (χ3v) is 4.91. The summed E-state index contributed by atoms with van der Waals surface area (Å²) in [7, 11) is 0. The Morgan fingerprint density at radius 2 is 2.00 bits per heavy atom. The Morgan fingerprint density at radius 1 is 1.30 bits per heavy atom. The average Bonchev–Trinajstić information content (AvgIpc) is 3.18. The van der Waals surface area contributed by atoms with Crippen molar-refractivity contribution in [1.29, 1.82) is 0 Å². The third kappa shape index (κ3) is 9.09. The van der Waals surface area contributed by atoms with Gasteiger partial charge in [0.15, 0.2) is 5.96 Å². The Bertz CT molecular complexity index is 636. The zero-order chi connectivity index (χ0) is 21.3. The predicted octanol–water partition coefficient (Wildman–Crippen LogP) is 3.44. The molecule has 172 valence electrons. The van der Waals surface area contributed by atoms with Gasteiger partial charge in [0, 0.05) is 45.1 Å². The highest BCUT2D eigenvalue weighted by Gasteiger charge is 2.27. The van der Waals surface area contributed by atoms with Gasteiger partial charge < -0.3 is 19.9 Å². The first kappa shape index (κ1) is 26.5. The van der Waals surface area contributed by atoms with Gasteiger partial charge in [-0.3, -0.25) is 9.67 Å². The summed E-state index contributed by atoms with van der Waals surface area (Å²) in [5.41, 5.74) is -0.457. The summed E-state index contributed by atoms with van der Waals surface area (Å²) in [5, 5.41) is 7.63. The molecule has 8 nitrogen and oxygen atoms in total. The summed E-state index contributed by atoms with van der Waals surface area (Å²) >= 11 is 0. The van der Waals surface area contributed by atoms with E-state index in [4.69, 9.17) is 9.73 Å². The van der Waals surface area contributed by atoms with E-state index in [9.17, 15) is 4.79 Å². The molecule has 2 heterocycles. The van der Waals surface area contributed by atoms with Gasteiger partial charge in [-0.15, -0.1) is 24.0 Å². The molecule has 0 aromatic carbocycles. The molecule has 1 aliphatic rings. The van der Waals surface area contributed by atoms with Gasteiger partial charge in [0.1, 0.15) is 5.60 Å². The Morgan fingerprint density at radius 3 is 2.53 bits per heavy atom. The normalized spacial score (nSPS) is 15.5. The lowest BCUT2D eigenvalue weighted by molar-refractivity contribution is 0.0214. The van der Waals surface area contributed by atoms with Crippen LogP contribution < -0.4 is 5.32 Å². The van der Waals surface area contributed by atoms with Crippen molar-refractivity contribution in [2.75, 3.05) is 39.3 Å². The van der Waals surface area contributed by atoms with Crippen LogP contribution in [0.15, 0.2) is 23.5 Å². The van der Waals surface area contributed by atoms with E-state index >= 15 is 0 Å². The fourth-order valence-corrected chi connectivity index (χ4v) is 3.42. The number of aromatic nitrogens is 2. The van der Waals surface area contributed by atoms with Crippen LogP contribution in [0.25, 0.3) is 0 Å². The summed E-state index contributed by atoms with van der Waals surface area (Å²) in [6, 6.07) is 1.93. The average molecular weight is 534 g/mol. The number of ether oxygens (including phenoxy) is 1. The van der Waals surface area contributed by atoms with E-state index in [1.165, 1.54) is 0 Å². The fraction of sp³-hybridized carbons (Fsp3) is 0.762. The monoisotopic (exact) mass is 534 g/mol. The number of carbonyl (C=O) groups excluding carboxylic acids is 1. The van der Waals surface area contributed by atoms with E-state index in [-0.39, 0.29) is 30.1 Å². The number of piperidine rings is 1. The number of carbonyl (C=O) groups is 1. The van der Waals surface area contributed by atoms with Crippen LogP contribution in [0.1, 0.15) is 47.5 Å². The molecule has 30 heavy (non-hydrogen) atoms. The SMILES string of the molecule is CCNC(=NCCn1cccn1)N1CCC(CN(CC)C(=O)OC(C)(C)C)CC1.I. The molecular formula is C21H39IN6O2. The summed E-state index contributed by atoms with van der Waals surface area (Å²) in [5.74, 6) is 1.46. The van der Waals surface area contributed by atoms with Gasteiger partial charge >= 0.3 is 6.09 Å². The van der Waals surface area contributed by atoms with Gasteiger partial charge in [-0.05, 0) is 59.4 Å². The first-order valence-corrected chi connectivity index (χ1v) is 10.8. The Hall–Kier alpha value is -1.52. The molecule has 0 spiro atoms. The molecule has 0 atom stereocenters. The highest BCUT2D eigenvalue weighted by atomic mass is 127. The van der Waals surface area contributed by atoms with Crippen molar-refractivity contribution in [2.24, 2.45) is 10.9 Å². The Labute approximate surface area is 198 Å². The highest BCUT2D eigenvalue weighted by Crippen LogP contribution is 2.20. The van der Waals surface area contributed by atoms with Crippen LogP contribution in [0.2, 0.25) is 0 Å². The molecule has 1 aliphatic heterocycles. The highest BCUT2D eigenvalue weighted by molar-refractivity contribution is 14.0. The van der Waals surface area contributed by atoms with Crippen LogP contribution >= 0.6 is 24.0 Å². The molecule has 1 saturated heterocycles. The molecule has 0 radical (unpaired) electrons. The predicted molar refractivity (Wildman–Crippen MR) is 131 cm³/mol. The number of amides is 1. The number of aliphatic imine (C=N–C) groups is 1. The molecule has 1 aromatic heterocycles. The number of hydrogen-bond donors (Lipinski definition) is 1. The van der Waals surface area contributed by atoms with Crippen LogP contribution in [-0.2, 0) is 11.3 Å². The van der Waals surface area contributed by atoms with E-state index in [0.29, 0.717) is 19.0 Å². The molecule has 9 heteroatoms. The molecule has 2 rings (SSSR count). The van der Waals surface area contributed by atoms with Crippen LogP contribution in [0.3, 0.4) is 0 Å². The van der Waals surface area contributed by atoms with E-state index in [1.807, 2.05) is 49.5 Å². The molecule has 1 amide bonds. The quantitative estimate of drug-likeness (QED) is 0.330. The molecule has 0 bridgehead atoms. The molecule has 0 saturated carbocycles. The van der Waals surface area contributed by atoms with Crippen molar-refractivity contribution in [3.05, 3.63) is 18.5 Å². The lowest BCUT2D eigenvalue weighted by Gasteiger charge is -2.36. The van der Waals surface area contributed by atoms with Gasteiger partial charge in [-0.1, -0.05) is 0 Å². The summed E-state index contributed by atoms with van der Waals surface area (Å²) in [6.45, 7) is 15.5. The van der Waals surface area contributed by atoms with Crippen LogP contribution in [-0.4, -0.2) is 76.5 Å². The molecular weight excluding hydrogens is 495 g/mol. The van der Waals surface area contributed by atoms with Gasteiger partial charge in [0.05, 0.1) is 13.1 Å². The van der Waals surface area contributed by atoms with E-state index in [0.717, 1.165) is 51.5 Å². The number of nitrogens with zero attached hydrogens (tertiary/aromatic N) is 5. The molecule has 1 N–H and O–H groups in total. The van der Waals surface area contributed by atoms with Crippen molar-refractivity contribution in [2.45, 2.75) is 59.6 Å². The maximum Gasteiger partial charge on any atom is 0.410 e. The summed E-state index contributed by atoms with van der Waals surface area (Å²) in [4.78, 5) is 21.3. The fourth-order valence-electron chi connectivity index (χ4n) is 3.42. The van der Waals surface area contributed by atoms with Gasteiger partial charge in [-0.25, -0.2) is 4.79 Å². The third-order valence-electron chi connectivity index (χ3n) is 4.91. The van der Waals surface area contributed by atoms with Crippen molar-refractivity contribution in [3.8, 4) is 0 Å². The summed E-state index contributed by atoms with van der Waals surface area (Å²) < 4.78 is 7.44. The Kier molecular flexibility index (Phi) is 11.5. The molecule has 0 unspecified atom stereocenters. The Balaban J connectivity index is 0.00000450. The lowest BCUT2D eigenvalue weighted by Crippen LogP contribution is -2.48. The van der Waals surface area contributed by atoms with E-state index < -0.39 is 5.60 Å². The zero-order valence-corrected chi connectivity index (χ0v) is 21.5. The van der Waals surface area contributed by atoms with Crippen molar-refractivity contribution >= 4 is 36.0 Å². The second-order valence-electron chi connectivity index (χ2n) is 8.45. The maximum atomic E-state index is 12.4. The molecule has 1 aromatic rings. The second-order valence-corrected chi connectivity index (χ2v) is 8.45. The van der Waals surface area contributed by atoms with Gasteiger partial charge in [-0.2, -0.15) is 5.10 Å². The van der Waals surface area contributed by atoms with Gasteiger partial charge in [0.2, 0.25) is 0 Å². The number of likely N-dealkylation sites (tertiary alicyclic amines) is 1. The summed E-state index contributed by atoms with van der Waals surface area (Å²) in [6.07, 6.45) is 5.62. The van der Waals surface area contributed by atoms with Crippen LogP contribution in [0, 0.1) is 5.92 Å². The number of nitrogens with one attached hydrogen (secondary N) is 1. The number of rotatable bonds is 7. The first-order valence-electron chi connectivity index (χ1n) is 10.8. The second kappa shape index (κ2) is 13.0. The first-order chi connectivity index (χ1) is 13.8. The molecule has 1 fully saturated rings. The van der Waals surface area contributed by atoms with E-state index in [2.05, 4.69) is 22.2 Å². The number of hydrogen-bond acceptors (Lipinski definition) is 4. The van der Waals surface area contributed by atoms with E-state index in [1.54, 1.807) is 6.20 Å². The van der Waals surface area contributed by atoms with Gasteiger partial charge in [0.25, 0.3) is 0 Å². The number of guanidine groups is 1. The van der Waals surface area contributed by atoms with Crippen molar-refractivity contribution < 1.29 is 9.53 Å². The minimum atomic E-state index is -0.457. The minimum Gasteiger partial charge on any atom is -0.444 e. The van der Waals surface area contributed by atoms with Crippen molar-refractivity contribution in [1.82, 2.24) is 24.9 Å². The number of halogens is 1. The van der Waals surface area contributed by atoms with Crippen LogP contribution in [0.4, 0.5) is 4.79 Å². The van der Waals surface area contributed by atoms with Crippen LogP contribution in [0.5, 0.6) is 0 Å². The molecule has 0 aliphatic carbocycles. The standard InChI is InChI=1S/C21H38N6O2.HI/c1-6-22-19(23-12-16-27-13-8-11-24-27)26-14-9-18(10-15-26)17-25(7-2)20(28)29-21(3,4)5;/h8,11,13,18H,6-7,9-10,12,14-17H2,1-5H3,(H,22,23);1H. The minimum absolute atomic E-state index is 0. The van der Waals surface area contributed by atoms with Crippen molar-refractivity contribution in [3.63, 3.8) is 0 Å². The zero-order valence-electron chi connectivity index (χ0n) is 19.1. The topological polar surface area (TPSA) is 75.0 Å².